The summed E-state index contributed by atoms with van der Waals surface area (Å²) in [4.78, 5) is 12.3. The zero-order chi connectivity index (χ0) is 19.8. The van der Waals surface area contributed by atoms with Gasteiger partial charge in [-0.1, -0.05) is 26.8 Å². The van der Waals surface area contributed by atoms with Crippen molar-refractivity contribution in [1.82, 2.24) is 0 Å². The average Bonchev–Trinajstić information content (AvgIpc) is 3.58. The Morgan fingerprint density at radius 1 is 1.37 bits per heavy atom. The number of hydrogen-bond acceptors (Lipinski definition) is 5. The molecular weight excluding hydrogens is 344 g/mol. The molecule has 0 spiro atoms. The van der Waals surface area contributed by atoms with Crippen LogP contribution in [-0.4, -0.2) is 43.6 Å². The predicted molar refractivity (Wildman–Crippen MR) is 103 cm³/mol. The third-order valence-electron chi connectivity index (χ3n) is 6.45. The van der Waals surface area contributed by atoms with Crippen LogP contribution in [0.2, 0.25) is 0 Å². The second kappa shape index (κ2) is 7.96. The van der Waals surface area contributed by atoms with Crippen molar-refractivity contribution >= 4 is 5.97 Å². The Labute approximate surface area is 163 Å². The van der Waals surface area contributed by atoms with E-state index in [1.165, 1.54) is 11.1 Å². The van der Waals surface area contributed by atoms with Crippen molar-refractivity contribution in [3.05, 3.63) is 23.0 Å². The lowest BCUT2D eigenvalue weighted by Gasteiger charge is -2.37. The number of hydrogen-bond donors (Lipinski definition) is 0. The highest BCUT2D eigenvalue weighted by molar-refractivity contribution is 5.79. The Bertz CT molecular complexity index is 633. The lowest BCUT2D eigenvalue weighted by atomic mass is 9.77. The van der Waals surface area contributed by atoms with Crippen molar-refractivity contribution < 1.29 is 23.7 Å². The SMILES string of the molecule is CC=C(C1=C(CC)OC2C(C(=O)OCC)C12)C(C)C(C)(CC)OCC1CO1. The Kier molecular flexibility index (Phi) is 6.02. The van der Waals surface area contributed by atoms with Gasteiger partial charge in [-0.25, -0.2) is 0 Å². The third kappa shape index (κ3) is 3.81. The van der Waals surface area contributed by atoms with E-state index in [0.29, 0.717) is 13.2 Å². The van der Waals surface area contributed by atoms with E-state index in [4.69, 9.17) is 18.9 Å². The van der Waals surface area contributed by atoms with Crippen LogP contribution in [-0.2, 0) is 23.7 Å². The third-order valence-corrected chi connectivity index (χ3v) is 6.45. The Hall–Kier alpha value is -1.33. The molecule has 27 heavy (non-hydrogen) atoms. The van der Waals surface area contributed by atoms with Crippen molar-refractivity contribution in [2.75, 3.05) is 19.8 Å². The van der Waals surface area contributed by atoms with Crippen LogP contribution in [0.15, 0.2) is 23.0 Å². The van der Waals surface area contributed by atoms with Crippen LogP contribution in [0.5, 0.6) is 0 Å². The van der Waals surface area contributed by atoms with Crippen molar-refractivity contribution in [3.63, 3.8) is 0 Å². The second-order valence-electron chi connectivity index (χ2n) is 7.97. The molecule has 0 aromatic rings. The summed E-state index contributed by atoms with van der Waals surface area (Å²) < 4.78 is 23.0. The molecule has 6 atom stereocenters. The number of carbonyl (C=O) groups excluding carboxylic acids is 1. The van der Waals surface area contributed by atoms with Gasteiger partial charge in [-0.2, -0.15) is 0 Å². The Morgan fingerprint density at radius 2 is 2.07 bits per heavy atom. The molecule has 1 aliphatic carbocycles. The van der Waals surface area contributed by atoms with Gasteiger partial charge in [0.05, 0.1) is 25.4 Å². The summed E-state index contributed by atoms with van der Waals surface area (Å²) >= 11 is 0. The van der Waals surface area contributed by atoms with Crippen LogP contribution >= 0.6 is 0 Å². The minimum absolute atomic E-state index is 0.0511. The minimum atomic E-state index is -0.286. The van der Waals surface area contributed by atoms with Crippen molar-refractivity contribution in [1.29, 1.82) is 0 Å². The molecular formula is C22H34O5. The number of fused-ring (bicyclic) bond motifs is 1. The van der Waals surface area contributed by atoms with Gasteiger partial charge in [0.2, 0.25) is 0 Å². The molecule has 0 aromatic heterocycles. The fraction of sp³-hybridized carbons (Fsp3) is 0.773. The number of carbonyl (C=O) groups is 1. The highest BCUT2D eigenvalue weighted by atomic mass is 16.6. The molecule has 2 fully saturated rings. The first kappa shape index (κ1) is 20.4. The number of allylic oxidation sites excluding steroid dienone is 2. The Balaban J connectivity index is 1.81. The van der Waals surface area contributed by atoms with Crippen molar-refractivity contribution in [2.24, 2.45) is 17.8 Å². The zero-order valence-electron chi connectivity index (χ0n) is 17.5. The van der Waals surface area contributed by atoms with Gasteiger partial charge in [0.1, 0.15) is 23.9 Å². The lowest BCUT2D eigenvalue weighted by molar-refractivity contribution is -0.145. The maximum Gasteiger partial charge on any atom is 0.313 e. The molecule has 3 rings (SSSR count). The van der Waals surface area contributed by atoms with Crippen LogP contribution in [0.1, 0.15) is 54.4 Å². The van der Waals surface area contributed by atoms with Gasteiger partial charge in [0, 0.05) is 23.8 Å². The second-order valence-corrected chi connectivity index (χ2v) is 7.97. The van der Waals surface area contributed by atoms with Gasteiger partial charge in [-0.15, -0.1) is 0 Å². The molecule has 0 bridgehead atoms. The lowest BCUT2D eigenvalue weighted by Crippen LogP contribution is -2.38. The van der Waals surface area contributed by atoms with Crippen LogP contribution in [0.25, 0.3) is 0 Å². The van der Waals surface area contributed by atoms with E-state index in [-0.39, 0.29) is 41.5 Å². The average molecular weight is 379 g/mol. The smallest absolute Gasteiger partial charge is 0.313 e. The van der Waals surface area contributed by atoms with E-state index in [1.54, 1.807) is 0 Å². The number of rotatable bonds is 10. The summed E-state index contributed by atoms with van der Waals surface area (Å²) in [6.07, 6.45) is 4.11. The molecule has 0 amide bonds. The van der Waals surface area contributed by atoms with Gasteiger partial charge in [0.15, 0.2) is 0 Å². The first-order valence-electron chi connectivity index (χ1n) is 10.4. The van der Waals surface area contributed by atoms with Gasteiger partial charge in [-0.3, -0.25) is 4.79 Å². The van der Waals surface area contributed by atoms with E-state index in [2.05, 4.69) is 40.7 Å². The largest absolute Gasteiger partial charge is 0.493 e. The molecule has 1 saturated carbocycles. The maximum absolute atomic E-state index is 12.3. The molecule has 0 N–H and O–H groups in total. The minimum Gasteiger partial charge on any atom is -0.493 e. The highest BCUT2D eigenvalue weighted by Crippen LogP contribution is 2.58. The van der Waals surface area contributed by atoms with Gasteiger partial charge >= 0.3 is 5.97 Å². The summed E-state index contributed by atoms with van der Waals surface area (Å²) in [6.45, 7) is 14.4. The fourth-order valence-electron chi connectivity index (χ4n) is 4.28. The molecule has 152 valence electrons. The fourth-order valence-corrected chi connectivity index (χ4v) is 4.28. The van der Waals surface area contributed by atoms with Crippen LogP contribution < -0.4 is 0 Å². The number of esters is 1. The summed E-state index contributed by atoms with van der Waals surface area (Å²) in [6, 6.07) is 0. The number of epoxide rings is 1. The Morgan fingerprint density at radius 3 is 2.59 bits per heavy atom. The molecule has 5 heteroatoms. The molecule has 2 aliphatic heterocycles. The molecule has 5 nitrogen and oxygen atoms in total. The van der Waals surface area contributed by atoms with Gasteiger partial charge in [0.25, 0.3) is 0 Å². The monoisotopic (exact) mass is 378 g/mol. The normalized spacial score (nSPS) is 32.4. The molecule has 1 saturated heterocycles. The van der Waals surface area contributed by atoms with E-state index >= 15 is 0 Å². The van der Waals surface area contributed by atoms with Crippen LogP contribution in [0.4, 0.5) is 0 Å². The zero-order valence-corrected chi connectivity index (χ0v) is 17.5. The van der Waals surface area contributed by atoms with E-state index in [9.17, 15) is 4.79 Å². The number of ether oxygens (including phenoxy) is 4. The highest BCUT2D eigenvalue weighted by Gasteiger charge is 2.65. The molecule has 2 heterocycles. The first-order valence-corrected chi connectivity index (χ1v) is 10.4. The van der Waals surface area contributed by atoms with E-state index < -0.39 is 0 Å². The molecule has 6 unspecified atom stereocenters. The first-order chi connectivity index (χ1) is 12.9. The van der Waals surface area contributed by atoms with E-state index in [0.717, 1.165) is 25.2 Å². The molecule has 3 aliphatic rings. The van der Waals surface area contributed by atoms with Crippen LogP contribution in [0, 0.1) is 17.8 Å². The van der Waals surface area contributed by atoms with Gasteiger partial charge in [-0.05, 0) is 32.8 Å². The maximum atomic E-state index is 12.3. The quantitative estimate of drug-likeness (QED) is 0.424. The summed E-state index contributed by atoms with van der Waals surface area (Å²) in [7, 11) is 0. The topological polar surface area (TPSA) is 57.3 Å². The summed E-state index contributed by atoms with van der Waals surface area (Å²) in [5, 5.41) is 0. The van der Waals surface area contributed by atoms with Crippen LogP contribution in [0.3, 0.4) is 0 Å². The molecule has 0 radical (unpaired) electrons. The molecule has 0 aromatic carbocycles. The van der Waals surface area contributed by atoms with E-state index in [1.807, 2.05) is 6.92 Å². The summed E-state index contributed by atoms with van der Waals surface area (Å²) in [5.41, 5.74) is 2.17. The predicted octanol–water partition coefficient (Wildman–Crippen LogP) is 4.02. The summed E-state index contributed by atoms with van der Waals surface area (Å²) in [5.74, 6) is 1.04. The van der Waals surface area contributed by atoms with Gasteiger partial charge < -0.3 is 18.9 Å². The van der Waals surface area contributed by atoms with Crippen molar-refractivity contribution in [2.45, 2.75) is 72.2 Å². The standard InChI is InChI=1S/C22H34O5/c1-7-15(13(5)22(6,9-3)26-12-14-11-25-14)17-16(8-2)27-20-18(17)19(20)21(23)24-10-4/h7,13-14,18-20H,8-12H2,1-6H3. The van der Waals surface area contributed by atoms with Crippen molar-refractivity contribution in [3.8, 4) is 0 Å².